The van der Waals surface area contributed by atoms with E-state index < -0.39 is 41.8 Å². The van der Waals surface area contributed by atoms with Gasteiger partial charge in [0.25, 0.3) is 11.8 Å². The first-order chi connectivity index (χ1) is 14.5. The Bertz CT molecular complexity index is 1050. The third-order valence-electron chi connectivity index (χ3n) is 4.40. The summed E-state index contributed by atoms with van der Waals surface area (Å²) in [6, 6.07) is 7.64. The number of alkyl halides is 4. The summed E-state index contributed by atoms with van der Waals surface area (Å²) >= 11 is 0. The minimum atomic E-state index is -3.15. The van der Waals surface area contributed by atoms with E-state index in [2.05, 4.69) is 15.2 Å². The van der Waals surface area contributed by atoms with E-state index in [9.17, 15) is 31.5 Å². The number of anilines is 2. The molecular formula is C20H16F5N3O3. The van der Waals surface area contributed by atoms with E-state index >= 15 is 0 Å². The second-order valence-electron chi connectivity index (χ2n) is 6.77. The molecule has 3 rings (SSSR count). The number of halogens is 5. The van der Waals surface area contributed by atoms with E-state index in [1.165, 1.54) is 25.1 Å². The van der Waals surface area contributed by atoms with Crippen molar-refractivity contribution in [3.63, 3.8) is 0 Å². The largest absolute Gasteiger partial charge is 0.435 e. The Hall–Kier alpha value is -3.50. The Balaban J connectivity index is 1.79. The molecule has 0 bridgehead atoms. The van der Waals surface area contributed by atoms with E-state index in [1.54, 1.807) is 0 Å². The molecule has 2 amide bonds. The molecule has 6 nitrogen and oxygen atoms in total. The zero-order valence-electron chi connectivity index (χ0n) is 16.2. The highest BCUT2D eigenvalue weighted by Crippen LogP contribution is 2.31. The first-order valence-corrected chi connectivity index (χ1v) is 8.90. The average Bonchev–Trinajstić information content (AvgIpc) is 2.95. The molecule has 0 aromatic heterocycles. The van der Waals surface area contributed by atoms with Crippen LogP contribution in [0.25, 0.3) is 0 Å². The van der Waals surface area contributed by atoms with Crippen LogP contribution in [0.1, 0.15) is 19.4 Å². The molecular weight excluding hydrogens is 425 g/mol. The van der Waals surface area contributed by atoms with Crippen molar-refractivity contribution >= 4 is 28.9 Å². The second kappa shape index (κ2) is 8.32. The summed E-state index contributed by atoms with van der Waals surface area (Å²) in [7, 11) is 0. The molecule has 164 valence electrons. The van der Waals surface area contributed by atoms with Gasteiger partial charge in [0.2, 0.25) is 5.91 Å². The molecule has 0 saturated heterocycles. The molecule has 1 N–H and O–H groups in total. The molecule has 2 aromatic carbocycles. The molecule has 1 heterocycles. The van der Waals surface area contributed by atoms with Gasteiger partial charge in [0, 0.05) is 24.2 Å². The molecule has 1 aliphatic heterocycles. The third kappa shape index (κ3) is 4.81. The van der Waals surface area contributed by atoms with E-state index in [0.29, 0.717) is 18.0 Å². The quantitative estimate of drug-likeness (QED) is 0.530. The third-order valence-corrected chi connectivity index (χ3v) is 4.40. The smallest absolute Gasteiger partial charge is 0.387 e. The number of carbonyl (C=O) groups excluding carboxylic acids is 2. The van der Waals surface area contributed by atoms with Crippen LogP contribution in [0.5, 0.6) is 5.75 Å². The van der Waals surface area contributed by atoms with Crippen LogP contribution in [0.15, 0.2) is 47.6 Å². The fourth-order valence-electron chi connectivity index (χ4n) is 2.96. The number of hydrogen-bond acceptors (Lipinski definition) is 4. The molecule has 0 saturated carbocycles. The Morgan fingerprint density at radius 1 is 1.23 bits per heavy atom. The lowest BCUT2D eigenvalue weighted by Gasteiger charge is -2.16. The highest BCUT2D eigenvalue weighted by atomic mass is 19.3. The number of carbonyl (C=O) groups is 2. The minimum Gasteiger partial charge on any atom is -0.435 e. The van der Waals surface area contributed by atoms with Gasteiger partial charge in [-0.15, -0.1) is 0 Å². The van der Waals surface area contributed by atoms with Crippen LogP contribution >= 0.6 is 0 Å². The van der Waals surface area contributed by atoms with Gasteiger partial charge in [-0.3, -0.25) is 9.59 Å². The standard InChI is InChI=1S/C20H16F5N3O3/c1-10-16(17(29)26-12-5-3-4-11(8-12)20(2,24)25)18(30)28(27-10)15-7-6-13(9-14(15)21)31-19(22)23/h3-9,16,19H,1-2H3,(H,26,29). The van der Waals surface area contributed by atoms with Crippen molar-refractivity contribution in [2.45, 2.75) is 26.4 Å². The van der Waals surface area contributed by atoms with Gasteiger partial charge >= 0.3 is 6.61 Å². The second-order valence-corrected chi connectivity index (χ2v) is 6.77. The zero-order valence-corrected chi connectivity index (χ0v) is 16.2. The van der Waals surface area contributed by atoms with Crippen molar-refractivity contribution in [2.75, 3.05) is 10.3 Å². The van der Waals surface area contributed by atoms with E-state index in [4.69, 9.17) is 0 Å². The normalized spacial score (nSPS) is 16.5. The molecule has 1 aliphatic rings. The van der Waals surface area contributed by atoms with Crippen LogP contribution in [-0.4, -0.2) is 24.1 Å². The summed E-state index contributed by atoms with van der Waals surface area (Å²) in [5.74, 6) is -7.82. The Labute approximate surface area is 173 Å². The first-order valence-electron chi connectivity index (χ1n) is 8.90. The summed E-state index contributed by atoms with van der Waals surface area (Å²) in [5, 5.41) is 6.90. The number of benzene rings is 2. The topological polar surface area (TPSA) is 71.0 Å². The summed E-state index contributed by atoms with van der Waals surface area (Å²) in [6.45, 7) is -1.08. The number of hydrazone groups is 1. The van der Waals surface area contributed by atoms with Crippen LogP contribution in [-0.2, 0) is 15.5 Å². The zero-order chi connectivity index (χ0) is 22.9. The molecule has 2 aromatic rings. The number of rotatable bonds is 6. The average molecular weight is 441 g/mol. The maximum atomic E-state index is 14.3. The van der Waals surface area contributed by atoms with Gasteiger partial charge in [-0.1, -0.05) is 12.1 Å². The van der Waals surface area contributed by atoms with Crippen molar-refractivity contribution in [1.82, 2.24) is 0 Å². The van der Waals surface area contributed by atoms with Gasteiger partial charge in [0.15, 0.2) is 11.7 Å². The monoisotopic (exact) mass is 441 g/mol. The molecule has 0 fully saturated rings. The molecule has 31 heavy (non-hydrogen) atoms. The van der Waals surface area contributed by atoms with Crippen molar-refractivity contribution in [1.29, 1.82) is 0 Å². The number of amides is 2. The molecule has 11 heteroatoms. The van der Waals surface area contributed by atoms with Gasteiger partial charge in [0.05, 0.1) is 5.71 Å². The van der Waals surface area contributed by atoms with Crippen molar-refractivity contribution < 1.29 is 36.3 Å². The van der Waals surface area contributed by atoms with Crippen molar-refractivity contribution in [3.8, 4) is 5.75 Å². The fourth-order valence-corrected chi connectivity index (χ4v) is 2.96. The summed E-state index contributed by atoms with van der Waals surface area (Å²) in [4.78, 5) is 25.3. The van der Waals surface area contributed by atoms with Gasteiger partial charge in [-0.05, 0) is 31.2 Å². The molecule has 0 radical (unpaired) electrons. The van der Waals surface area contributed by atoms with Gasteiger partial charge in [-0.2, -0.15) is 18.9 Å². The van der Waals surface area contributed by atoms with Gasteiger partial charge in [-0.25, -0.2) is 13.2 Å². The van der Waals surface area contributed by atoms with Gasteiger partial charge < -0.3 is 10.1 Å². The predicted octanol–water partition coefficient (Wildman–Crippen LogP) is 4.52. The van der Waals surface area contributed by atoms with Crippen LogP contribution in [0.2, 0.25) is 0 Å². The maximum Gasteiger partial charge on any atom is 0.387 e. The van der Waals surface area contributed by atoms with Crippen LogP contribution in [0.3, 0.4) is 0 Å². The Kier molecular flexibility index (Phi) is 5.96. The molecule has 0 aliphatic carbocycles. The summed E-state index contributed by atoms with van der Waals surface area (Å²) in [6.07, 6.45) is 0. The molecule has 1 atom stereocenters. The predicted molar refractivity (Wildman–Crippen MR) is 102 cm³/mol. The number of ether oxygens (including phenoxy) is 1. The van der Waals surface area contributed by atoms with Crippen LogP contribution in [0.4, 0.5) is 33.3 Å². The van der Waals surface area contributed by atoms with Crippen LogP contribution in [0, 0.1) is 11.7 Å². The first kappa shape index (κ1) is 22.2. The Morgan fingerprint density at radius 3 is 2.55 bits per heavy atom. The minimum absolute atomic E-state index is 0.0341. The van der Waals surface area contributed by atoms with Crippen molar-refractivity contribution in [2.24, 2.45) is 11.0 Å². The number of hydrogen-bond donors (Lipinski definition) is 1. The van der Waals surface area contributed by atoms with E-state index in [0.717, 1.165) is 18.2 Å². The fraction of sp³-hybridized carbons (Fsp3) is 0.250. The lowest BCUT2D eigenvalue weighted by atomic mass is 10.0. The van der Waals surface area contributed by atoms with E-state index in [-0.39, 0.29) is 22.6 Å². The van der Waals surface area contributed by atoms with Gasteiger partial charge in [0.1, 0.15) is 11.4 Å². The molecule has 0 spiro atoms. The highest BCUT2D eigenvalue weighted by Gasteiger charge is 2.40. The number of nitrogens with one attached hydrogen (secondary N) is 1. The highest BCUT2D eigenvalue weighted by molar-refractivity contribution is 6.28. The Morgan fingerprint density at radius 2 is 1.94 bits per heavy atom. The molecule has 1 unspecified atom stereocenters. The SMILES string of the molecule is CC1=NN(c2ccc(OC(F)F)cc2F)C(=O)C1C(=O)Nc1cccc(C(C)(F)F)c1. The maximum absolute atomic E-state index is 14.3. The lowest BCUT2D eigenvalue weighted by Crippen LogP contribution is -2.36. The summed E-state index contributed by atoms with van der Waals surface area (Å²) in [5.41, 5.74) is -0.619. The van der Waals surface area contributed by atoms with E-state index in [1.807, 2.05) is 0 Å². The lowest BCUT2D eigenvalue weighted by molar-refractivity contribution is -0.127. The van der Waals surface area contributed by atoms with Crippen LogP contribution < -0.4 is 15.1 Å². The summed E-state index contributed by atoms with van der Waals surface area (Å²) < 4.78 is 69.9. The van der Waals surface area contributed by atoms with Crippen molar-refractivity contribution in [3.05, 3.63) is 53.8 Å². The number of nitrogens with zero attached hydrogens (tertiary/aromatic N) is 2.